The first kappa shape index (κ1) is 18.1. The number of hydrogen-bond donors (Lipinski definition) is 2. The predicted octanol–water partition coefficient (Wildman–Crippen LogP) is 3.50. The van der Waals surface area contributed by atoms with Crippen LogP contribution < -0.4 is 10.7 Å². The van der Waals surface area contributed by atoms with Gasteiger partial charge in [-0.05, 0) is 54.9 Å². The monoisotopic (exact) mass is 405 g/mol. The molecule has 0 aromatic heterocycles. The molecule has 2 saturated carbocycles. The van der Waals surface area contributed by atoms with Crippen molar-refractivity contribution in [2.45, 2.75) is 40.0 Å². The van der Waals surface area contributed by atoms with Crippen LogP contribution >= 0.6 is 15.9 Å². The maximum absolute atomic E-state index is 12.0. The Hall–Kier alpha value is -1.69. The van der Waals surface area contributed by atoms with E-state index in [1.165, 1.54) is 6.42 Å². The molecule has 0 saturated heterocycles. The molecule has 1 aromatic rings. The average molecular weight is 406 g/mol. The second-order valence-electron chi connectivity index (χ2n) is 7.78. The molecule has 2 aliphatic rings. The van der Waals surface area contributed by atoms with Crippen LogP contribution in [0.2, 0.25) is 0 Å². The minimum absolute atomic E-state index is 0.0611. The summed E-state index contributed by atoms with van der Waals surface area (Å²) in [5, 5.41) is 7.01. The molecular formula is C19H24BrN3O2. The van der Waals surface area contributed by atoms with Gasteiger partial charge in [0, 0.05) is 21.2 Å². The summed E-state index contributed by atoms with van der Waals surface area (Å²) in [4.78, 5) is 24.0. The van der Waals surface area contributed by atoms with E-state index < -0.39 is 0 Å². The highest BCUT2D eigenvalue weighted by molar-refractivity contribution is 9.10. The molecule has 0 aliphatic heterocycles. The first-order chi connectivity index (χ1) is 11.7. The molecule has 5 nitrogen and oxygen atoms in total. The third-order valence-corrected chi connectivity index (χ3v) is 6.87. The van der Waals surface area contributed by atoms with Crippen molar-refractivity contribution in [1.29, 1.82) is 0 Å². The number of hydrogen-bond acceptors (Lipinski definition) is 3. The third kappa shape index (κ3) is 3.24. The fourth-order valence-electron chi connectivity index (χ4n) is 4.13. The fourth-order valence-corrected chi connectivity index (χ4v) is 4.40. The van der Waals surface area contributed by atoms with Gasteiger partial charge in [-0.25, -0.2) is 5.43 Å². The summed E-state index contributed by atoms with van der Waals surface area (Å²) in [6.07, 6.45) is 3.31. The highest BCUT2D eigenvalue weighted by Gasteiger charge is 2.59. The smallest absolute Gasteiger partial charge is 0.259 e. The van der Waals surface area contributed by atoms with Crippen LogP contribution in [0.3, 0.4) is 0 Å². The average Bonchev–Trinajstić information content (AvgIpc) is 2.91. The molecule has 0 unspecified atom stereocenters. The summed E-state index contributed by atoms with van der Waals surface area (Å²) in [5.74, 6) is 0.0655. The second-order valence-corrected chi connectivity index (χ2v) is 8.69. The summed E-state index contributed by atoms with van der Waals surface area (Å²) in [5.41, 5.74) is 4.51. The quantitative estimate of drug-likeness (QED) is 0.752. The molecule has 1 aromatic carbocycles. The minimum atomic E-state index is -0.304. The van der Waals surface area contributed by atoms with E-state index in [1.807, 2.05) is 0 Å². The van der Waals surface area contributed by atoms with E-state index in [1.54, 1.807) is 24.3 Å². The number of hydrazone groups is 1. The number of nitrogens with zero attached hydrogens (tertiary/aromatic N) is 1. The van der Waals surface area contributed by atoms with Gasteiger partial charge in [0.25, 0.3) is 11.8 Å². The molecule has 2 amide bonds. The lowest BCUT2D eigenvalue weighted by atomic mass is 9.70. The maximum atomic E-state index is 12.0. The van der Waals surface area contributed by atoms with Gasteiger partial charge in [-0.1, -0.05) is 36.7 Å². The molecule has 25 heavy (non-hydrogen) atoms. The molecule has 6 heteroatoms. The molecule has 2 aliphatic carbocycles. The number of benzene rings is 1. The normalized spacial score (nSPS) is 28.2. The Balaban J connectivity index is 1.54. The van der Waals surface area contributed by atoms with Crippen molar-refractivity contribution in [2.24, 2.45) is 21.8 Å². The van der Waals surface area contributed by atoms with Crippen molar-refractivity contribution in [1.82, 2.24) is 10.7 Å². The van der Waals surface area contributed by atoms with Crippen LogP contribution in [0.1, 0.15) is 50.4 Å². The van der Waals surface area contributed by atoms with Crippen molar-refractivity contribution in [3.05, 3.63) is 34.3 Å². The van der Waals surface area contributed by atoms with E-state index in [0.717, 1.165) is 23.0 Å². The molecule has 2 fully saturated rings. The second kappa shape index (κ2) is 6.56. The summed E-state index contributed by atoms with van der Waals surface area (Å²) in [6.45, 7) is 6.76. The van der Waals surface area contributed by atoms with Crippen molar-refractivity contribution < 1.29 is 9.59 Å². The molecule has 134 valence electrons. The van der Waals surface area contributed by atoms with Crippen molar-refractivity contribution >= 4 is 33.5 Å². The van der Waals surface area contributed by atoms with Crippen LogP contribution in [0.15, 0.2) is 33.8 Å². The van der Waals surface area contributed by atoms with E-state index in [9.17, 15) is 9.59 Å². The number of carbonyl (C=O) groups is 2. The van der Waals surface area contributed by atoms with Gasteiger partial charge in [0.2, 0.25) is 0 Å². The van der Waals surface area contributed by atoms with Crippen LogP contribution in [0.5, 0.6) is 0 Å². The highest BCUT2D eigenvalue weighted by atomic mass is 79.9. The number of halogens is 1. The zero-order chi connectivity index (χ0) is 18.2. The van der Waals surface area contributed by atoms with Crippen molar-refractivity contribution in [3.63, 3.8) is 0 Å². The Kier molecular flexibility index (Phi) is 4.75. The summed E-state index contributed by atoms with van der Waals surface area (Å²) >= 11 is 3.32. The van der Waals surface area contributed by atoms with Gasteiger partial charge in [0.1, 0.15) is 0 Å². The van der Waals surface area contributed by atoms with E-state index >= 15 is 0 Å². The Morgan fingerprint density at radius 1 is 1.24 bits per heavy atom. The first-order valence-electron chi connectivity index (χ1n) is 8.64. The Morgan fingerprint density at radius 2 is 1.92 bits per heavy atom. The van der Waals surface area contributed by atoms with E-state index in [0.29, 0.717) is 11.5 Å². The van der Waals surface area contributed by atoms with E-state index in [4.69, 9.17) is 0 Å². The number of carbonyl (C=O) groups excluding carboxylic acids is 2. The van der Waals surface area contributed by atoms with Crippen LogP contribution in [-0.2, 0) is 4.79 Å². The molecule has 0 spiro atoms. The van der Waals surface area contributed by atoms with Crippen LogP contribution in [-0.4, -0.2) is 24.1 Å². The Labute approximate surface area is 156 Å². The number of fused-ring (bicyclic) bond motifs is 2. The minimum Gasteiger partial charge on any atom is -0.343 e. The van der Waals surface area contributed by atoms with Gasteiger partial charge in [-0.3, -0.25) is 9.59 Å². The third-order valence-electron chi connectivity index (χ3n) is 6.34. The van der Waals surface area contributed by atoms with Gasteiger partial charge in [-0.2, -0.15) is 5.10 Å². The summed E-state index contributed by atoms with van der Waals surface area (Å²) in [6, 6.07) is 6.99. The SMILES string of the molecule is CC1(C)[C@@H]2CC[C@]1(C)/C(=N/NC(=O)CNC(=O)c1ccc(Br)cc1)C2. The largest absolute Gasteiger partial charge is 0.343 e. The maximum Gasteiger partial charge on any atom is 0.259 e. The van der Waals surface area contributed by atoms with Gasteiger partial charge in [-0.15, -0.1) is 0 Å². The zero-order valence-corrected chi connectivity index (χ0v) is 16.4. The van der Waals surface area contributed by atoms with Gasteiger partial charge in [0.15, 0.2) is 0 Å². The summed E-state index contributed by atoms with van der Waals surface area (Å²) in [7, 11) is 0. The van der Waals surface area contributed by atoms with E-state index in [2.05, 4.69) is 52.5 Å². The van der Waals surface area contributed by atoms with Crippen LogP contribution in [0, 0.1) is 16.7 Å². The molecule has 0 heterocycles. The lowest BCUT2D eigenvalue weighted by Crippen LogP contribution is -2.37. The fraction of sp³-hybridized carbons (Fsp3) is 0.526. The Morgan fingerprint density at radius 3 is 2.48 bits per heavy atom. The molecule has 2 N–H and O–H groups in total. The van der Waals surface area contributed by atoms with Crippen molar-refractivity contribution in [3.8, 4) is 0 Å². The Bertz CT molecular complexity index is 727. The molecular weight excluding hydrogens is 382 g/mol. The molecule has 0 radical (unpaired) electrons. The predicted molar refractivity (Wildman–Crippen MR) is 101 cm³/mol. The van der Waals surface area contributed by atoms with Gasteiger partial charge < -0.3 is 5.32 Å². The lowest BCUT2D eigenvalue weighted by molar-refractivity contribution is -0.120. The van der Waals surface area contributed by atoms with Crippen molar-refractivity contribution in [2.75, 3.05) is 6.54 Å². The number of nitrogens with one attached hydrogen (secondary N) is 2. The highest BCUT2D eigenvalue weighted by Crippen LogP contribution is 2.63. The van der Waals surface area contributed by atoms with Crippen LogP contribution in [0.4, 0.5) is 0 Å². The topological polar surface area (TPSA) is 70.6 Å². The van der Waals surface area contributed by atoms with E-state index in [-0.39, 0.29) is 29.2 Å². The lowest BCUT2D eigenvalue weighted by Gasteiger charge is -2.34. The molecule has 2 atom stereocenters. The molecule has 3 rings (SSSR count). The van der Waals surface area contributed by atoms with Gasteiger partial charge in [0.05, 0.1) is 6.54 Å². The zero-order valence-electron chi connectivity index (χ0n) is 14.9. The van der Waals surface area contributed by atoms with Crippen LogP contribution in [0.25, 0.3) is 0 Å². The first-order valence-corrected chi connectivity index (χ1v) is 9.43. The number of amides is 2. The summed E-state index contributed by atoms with van der Waals surface area (Å²) < 4.78 is 0.903. The molecule has 2 bridgehead atoms. The number of rotatable bonds is 4. The standard InChI is InChI=1S/C19H24BrN3O2/c1-18(2)13-8-9-19(18,3)15(10-13)22-23-16(24)11-21-17(25)12-4-6-14(20)7-5-12/h4-7,13H,8-11H2,1-3H3,(H,21,25)(H,23,24)/b22-15+/t13-,19-/m1/s1. The van der Waals surface area contributed by atoms with Gasteiger partial charge >= 0.3 is 0 Å².